The first-order valence-corrected chi connectivity index (χ1v) is 8.25. The van der Waals surface area contributed by atoms with E-state index in [-0.39, 0.29) is 0 Å². The molecule has 0 saturated heterocycles. The number of benzene rings is 2. The van der Waals surface area contributed by atoms with E-state index in [9.17, 15) is 4.79 Å². The Morgan fingerprint density at radius 3 is 2.72 bits per heavy atom. The number of ether oxygens (including phenoxy) is 1. The topological polar surface area (TPSA) is 76.1 Å². The molecule has 2 aromatic carbocycles. The minimum atomic E-state index is -0.425. The number of carbonyl (C=O) groups is 1. The molecule has 0 aliphatic carbocycles. The van der Waals surface area contributed by atoms with Gasteiger partial charge >= 0.3 is 5.97 Å². The average molecular weight is 399 g/mol. The molecule has 3 rings (SSSR count). The summed E-state index contributed by atoms with van der Waals surface area (Å²) < 4.78 is 5.76. The lowest BCUT2D eigenvalue weighted by Crippen LogP contribution is -2.07. The number of nitrogens with one attached hydrogen (secondary N) is 2. The van der Waals surface area contributed by atoms with Crippen LogP contribution in [0.5, 0.6) is 0 Å². The SMILES string of the molecule is COC(=O)c1ccccc1Nc1nccc(Nc2cccc(Br)c2)n1. The van der Waals surface area contributed by atoms with Crippen molar-refractivity contribution in [2.45, 2.75) is 0 Å². The summed E-state index contributed by atoms with van der Waals surface area (Å²) in [4.78, 5) is 20.5. The molecule has 0 fully saturated rings. The van der Waals surface area contributed by atoms with Gasteiger partial charge in [0.25, 0.3) is 0 Å². The molecule has 3 aromatic rings. The van der Waals surface area contributed by atoms with Crippen LogP contribution in [0.1, 0.15) is 10.4 Å². The van der Waals surface area contributed by atoms with Gasteiger partial charge in [0.05, 0.1) is 18.4 Å². The van der Waals surface area contributed by atoms with Crippen LogP contribution in [0.3, 0.4) is 0 Å². The molecule has 2 N–H and O–H groups in total. The number of aromatic nitrogens is 2. The molecule has 6 nitrogen and oxygen atoms in total. The third-order valence-corrected chi connectivity index (χ3v) is 3.82. The standard InChI is InChI=1S/C18H15BrN4O2/c1-25-17(24)14-7-2-3-8-15(14)22-18-20-10-9-16(23-18)21-13-6-4-5-12(19)11-13/h2-11H,1H3,(H2,20,21,22,23). The van der Waals surface area contributed by atoms with Gasteiger partial charge in [0.1, 0.15) is 5.82 Å². The van der Waals surface area contributed by atoms with E-state index in [1.54, 1.807) is 30.5 Å². The van der Waals surface area contributed by atoms with Crippen molar-refractivity contribution in [1.82, 2.24) is 9.97 Å². The van der Waals surface area contributed by atoms with Crippen molar-refractivity contribution in [1.29, 1.82) is 0 Å². The zero-order valence-electron chi connectivity index (χ0n) is 13.4. The van der Waals surface area contributed by atoms with Crippen LogP contribution < -0.4 is 10.6 Å². The normalized spacial score (nSPS) is 10.2. The Morgan fingerprint density at radius 1 is 1.08 bits per heavy atom. The predicted molar refractivity (Wildman–Crippen MR) is 101 cm³/mol. The van der Waals surface area contributed by atoms with Gasteiger partial charge < -0.3 is 15.4 Å². The van der Waals surface area contributed by atoms with Gasteiger partial charge in [-0.05, 0) is 36.4 Å². The first kappa shape index (κ1) is 16.9. The second kappa shape index (κ2) is 7.76. The van der Waals surface area contributed by atoms with Gasteiger partial charge in [-0.15, -0.1) is 0 Å². The maximum absolute atomic E-state index is 11.8. The lowest BCUT2D eigenvalue weighted by molar-refractivity contribution is 0.0602. The number of methoxy groups -OCH3 is 1. The molecule has 0 aliphatic rings. The van der Waals surface area contributed by atoms with Gasteiger partial charge in [0.2, 0.25) is 5.95 Å². The first-order chi connectivity index (χ1) is 12.2. The number of para-hydroxylation sites is 1. The molecule has 7 heteroatoms. The Hall–Kier alpha value is -2.93. The van der Waals surface area contributed by atoms with E-state index in [1.807, 2.05) is 30.3 Å². The lowest BCUT2D eigenvalue weighted by atomic mass is 10.2. The number of carbonyl (C=O) groups excluding carboxylic acids is 1. The Kier molecular flexibility index (Phi) is 5.25. The first-order valence-electron chi connectivity index (χ1n) is 7.46. The molecule has 0 radical (unpaired) electrons. The summed E-state index contributed by atoms with van der Waals surface area (Å²) in [6, 6.07) is 16.6. The third kappa shape index (κ3) is 4.33. The fourth-order valence-corrected chi connectivity index (χ4v) is 2.60. The Bertz CT molecular complexity index is 902. The third-order valence-electron chi connectivity index (χ3n) is 3.33. The second-order valence-corrected chi connectivity index (χ2v) is 5.98. The summed E-state index contributed by atoms with van der Waals surface area (Å²) in [6.07, 6.45) is 1.64. The predicted octanol–water partition coefficient (Wildman–Crippen LogP) is 4.51. The minimum Gasteiger partial charge on any atom is -0.465 e. The monoisotopic (exact) mass is 398 g/mol. The summed E-state index contributed by atoms with van der Waals surface area (Å²) in [7, 11) is 1.35. The Balaban J connectivity index is 1.82. The number of hydrogen-bond donors (Lipinski definition) is 2. The van der Waals surface area contributed by atoms with Crippen LogP contribution in [0.15, 0.2) is 65.3 Å². The minimum absolute atomic E-state index is 0.372. The van der Waals surface area contributed by atoms with Crippen LogP contribution in [0, 0.1) is 0 Å². The van der Waals surface area contributed by atoms with Crippen molar-refractivity contribution in [2.75, 3.05) is 17.7 Å². The van der Waals surface area contributed by atoms with Crippen LogP contribution >= 0.6 is 15.9 Å². The van der Waals surface area contributed by atoms with E-state index in [0.29, 0.717) is 23.0 Å². The maximum Gasteiger partial charge on any atom is 0.339 e. The van der Waals surface area contributed by atoms with Gasteiger partial charge in [0, 0.05) is 16.4 Å². The zero-order chi connectivity index (χ0) is 17.6. The van der Waals surface area contributed by atoms with Crippen LogP contribution in [-0.4, -0.2) is 23.0 Å². The molecule has 126 valence electrons. The maximum atomic E-state index is 11.8. The molecule has 0 spiro atoms. The van der Waals surface area contributed by atoms with Gasteiger partial charge in [-0.3, -0.25) is 0 Å². The number of anilines is 4. The highest BCUT2D eigenvalue weighted by molar-refractivity contribution is 9.10. The second-order valence-electron chi connectivity index (χ2n) is 5.06. The van der Waals surface area contributed by atoms with Crippen molar-refractivity contribution in [3.8, 4) is 0 Å². The summed E-state index contributed by atoms with van der Waals surface area (Å²) in [6.45, 7) is 0. The molecule has 25 heavy (non-hydrogen) atoms. The van der Waals surface area contributed by atoms with Crippen molar-refractivity contribution in [3.63, 3.8) is 0 Å². The van der Waals surface area contributed by atoms with E-state index in [2.05, 4.69) is 36.5 Å². The van der Waals surface area contributed by atoms with Crippen LogP contribution in [0.2, 0.25) is 0 Å². The van der Waals surface area contributed by atoms with Crippen molar-refractivity contribution >= 4 is 45.0 Å². The summed E-state index contributed by atoms with van der Waals surface area (Å²) >= 11 is 3.43. The molecule has 0 atom stereocenters. The van der Waals surface area contributed by atoms with Gasteiger partial charge in [0.15, 0.2) is 0 Å². The quantitative estimate of drug-likeness (QED) is 0.615. The van der Waals surface area contributed by atoms with E-state index in [4.69, 9.17) is 4.74 Å². The lowest BCUT2D eigenvalue weighted by Gasteiger charge is -2.11. The number of hydrogen-bond acceptors (Lipinski definition) is 6. The summed E-state index contributed by atoms with van der Waals surface area (Å²) in [5.41, 5.74) is 1.89. The molecule has 0 bridgehead atoms. The van der Waals surface area contributed by atoms with Crippen LogP contribution in [0.25, 0.3) is 0 Å². The molecule has 0 amide bonds. The molecule has 0 unspecified atom stereocenters. The van der Waals surface area contributed by atoms with Gasteiger partial charge in [-0.1, -0.05) is 34.1 Å². The molecular weight excluding hydrogens is 384 g/mol. The number of nitrogens with zero attached hydrogens (tertiary/aromatic N) is 2. The Labute approximate surface area is 153 Å². The summed E-state index contributed by atoms with van der Waals surface area (Å²) in [5.74, 6) is 0.578. The van der Waals surface area contributed by atoms with E-state index >= 15 is 0 Å². The Morgan fingerprint density at radius 2 is 1.92 bits per heavy atom. The largest absolute Gasteiger partial charge is 0.465 e. The highest BCUT2D eigenvalue weighted by Gasteiger charge is 2.12. The van der Waals surface area contributed by atoms with E-state index in [0.717, 1.165) is 10.2 Å². The fraction of sp³-hybridized carbons (Fsp3) is 0.0556. The van der Waals surface area contributed by atoms with Crippen LogP contribution in [-0.2, 0) is 4.74 Å². The number of rotatable bonds is 5. The smallest absolute Gasteiger partial charge is 0.339 e. The van der Waals surface area contributed by atoms with E-state index in [1.165, 1.54) is 7.11 Å². The van der Waals surface area contributed by atoms with Crippen LogP contribution in [0.4, 0.5) is 23.1 Å². The van der Waals surface area contributed by atoms with Gasteiger partial charge in [-0.25, -0.2) is 9.78 Å². The van der Waals surface area contributed by atoms with Crippen molar-refractivity contribution < 1.29 is 9.53 Å². The highest BCUT2D eigenvalue weighted by atomic mass is 79.9. The van der Waals surface area contributed by atoms with E-state index < -0.39 is 5.97 Å². The molecule has 1 heterocycles. The van der Waals surface area contributed by atoms with Gasteiger partial charge in [-0.2, -0.15) is 4.98 Å². The molecule has 0 aliphatic heterocycles. The highest BCUT2D eigenvalue weighted by Crippen LogP contribution is 2.22. The molecule has 1 aromatic heterocycles. The van der Waals surface area contributed by atoms with Crippen molar-refractivity contribution in [2.24, 2.45) is 0 Å². The molecular formula is C18H15BrN4O2. The number of halogens is 1. The molecule has 0 saturated carbocycles. The average Bonchev–Trinajstić information content (AvgIpc) is 2.62. The summed E-state index contributed by atoms with van der Waals surface area (Å²) in [5, 5.41) is 6.26. The fourth-order valence-electron chi connectivity index (χ4n) is 2.20. The zero-order valence-corrected chi connectivity index (χ0v) is 14.9. The number of esters is 1. The van der Waals surface area contributed by atoms with Crippen molar-refractivity contribution in [3.05, 3.63) is 70.8 Å².